The van der Waals surface area contributed by atoms with Crippen molar-refractivity contribution in [3.63, 3.8) is 0 Å². The Hall–Kier alpha value is -1.83. The van der Waals surface area contributed by atoms with Crippen LogP contribution in [0.3, 0.4) is 0 Å². The van der Waals surface area contributed by atoms with Crippen LogP contribution >= 0.6 is 0 Å². The van der Waals surface area contributed by atoms with Crippen molar-refractivity contribution in [2.24, 2.45) is 0 Å². The maximum Gasteiger partial charge on any atom is 0.282 e. The first-order valence-electron chi connectivity index (χ1n) is 10.3. The predicted octanol–water partition coefficient (Wildman–Crippen LogP) is 2.76. The van der Waals surface area contributed by atoms with E-state index >= 15 is 0 Å². The maximum atomic E-state index is 13.1. The molecule has 0 bridgehead atoms. The van der Waals surface area contributed by atoms with E-state index in [1.165, 1.54) is 5.56 Å². The molecule has 2 aliphatic heterocycles. The lowest BCUT2D eigenvalue weighted by Gasteiger charge is -2.41. The summed E-state index contributed by atoms with van der Waals surface area (Å²) in [6, 6.07) is 10.0. The Labute approximate surface area is 166 Å². The second-order valence-corrected chi connectivity index (χ2v) is 10.2. The molecule has 5 rings (SSSR count). The zero-order chi connectivity index (χ0) is 19.2. The molecule has 2 fully saturated rings. The highest BCUT2D eigenvalue weighted by atomic mass is 32.2. The molecule has 3 aliphatic rings. The normalized spacial score (nSPS) is 26.0. The van der Waals surface area contributed by atoms with Gasteiger partial charge in [-0.15, -0.1) is 0 Å². The highest BCUT2D eigenvalue weighted by Crippen LogP contribution is 2.45. The van der Waals surface area contributed by atoms with Crippen molar-refractivity contribution in [3.8, 4) is 11.4 Å². The number of hydrogen-bond donors (Lipinski definition) is 0. The van der Waals surface area contributed by atoms with Crippen LogP contribution in [0.15, 0.2) is 36.5 Å². The number of nitrogens with zero attached hydrogens (tertiary/aromatic N) is 4. The Morgan fingerprint density at radius 3 is 2.46 bits per heavy atom. The molecule has 1 aliphatic carbocycles. The van der Waals surface area contributed by atoms with E-state index < -0.39 is 10.2 Å². The van der Waals surface area contributed by atoms with Crippen molar-refractivity contribution < 1.29 is 8.42 Å². The van der Waals surface area contributed by atoms with E-state index in [-0.39, 0.29) is 5.41 Å². The van der Waals surface area contributed by atoms with Crippen molar-refractivity contribution in [3.05, 3.63) is 47.8 Å². The van der Waals surface area contributed by atoms with Gasteiger partial charge in [-0.05, 0) is 44.1 Å². The van der Waals surface area contributed by atoms with Crippen molar-refractivity contribution >= 4 is 10.2 Å². The van der Waals surface area contributed by atoms with E-state index in [4.69, 9.17) is 4.98 Å². The van der Waals surface area contributed by atoms with Crippen LogP contribution in [0, 0.1) is 0 Å². The minimum Gasteiger partial charge on any atom is -0.236 e. The molecule has 148 valence electrons. The number of piperidine rings is 1. The molecule has 1 aromatic carbocycles. The highest BCUT2D eigenvalue weighted by Gasteiger charge is 2.47. The van der Waals surface area contributed by atoms with Gasteiger partial charge in [0.2, 0.25) is 0 Å². The molecular weight excluding hydrogens is 372 g/mol. The summed E-state index contributed by atoms with van der Waals surface area (Å²) in [5, 5.41) is 0. The zero-order valence-corrected chi connectivity index (χ0v) is 16.9. The molecule has 7 heteroatoms. The first-order chi connectivity index (χ1) is 13.6. The van der Waals surface area contributed by atoms with Crippen LogP contribution in [0.4, 0.5) is 0 Å². The van der Waals surface area contributed by atoms with Gasteiger partial charge in [-0.1, -0.05) is 30.3 Å². The Bertz CT molecular complexity index is 969. The molecule has 6 nitrogen and oxygen atoms in total. The molecular formula is C21H26N4O2S. The molecule has 3 heterocycles. The molecule has 28 heavy (non-hydrogen) atoms. The summed E-state index contributed by atoms with van der Waals surface area (Å²) in [6.07, 6.45) is 7.66. The van der Waals surface area contributed by atoms with Gasteiger partial charge in [0.1, 0.15) is 0 Å². The maximum absolute atomic E-state index is 13.1. The number of aromatic nitrogens is 2. The second kappa shape index (κ2) is 6.90. The molecule has 1 aromatic heterocycles. The van der Waals surface area contributed by atoms with Crippen LogP contribution < -0.4 is 0 Å². The Morgan fingerprint density at radius 2 is 1.68 bits per heavy atom. The fourth-order valence-corrected chi connectivity index (χ4v) is 6.85. The smallest absolute Gasteiger partial charge is 0.236 e. The zero-order valence-electron chi connectivity index (χ0n) is 16.0. The average molecular weight is 399 g/mol. The van der Waals surface area contributed by atoms with Gasteiger partial charge in [-0.3, -0.25) is 0 Å². The summed E-state index contributed by atoms with van der Waals surface area (Å²) in [4.78, 5) is 9.55. The van der Waals surface area contributed by atoms with Gasteiger partial charge in [0.15, 0.2) is 5.82 Å². The van der Waals surface area contributed by atoms with E-state index in [1.807, 2.05) is 36.5 Å². The van der Waals surface area contributed by atoms with Crippen LogP contribution in [0.2, 0.25) is 0 Å². The third kappa shape index (κ3) is 2.96. The van der Waals surface area contributed by atoms with E-state index in [2.05, 4.69) is 4.98 Å². The largest absolute Gasteiger partial charge is 0.282 e. The number of rotatable bonds is 3. The Balaban J connectivity index is 1.48. The second-order valence-electron chi connectivity index (χ2n) is 8.26. The lowest BCUT2D eigenvalue weighted by molar-refractivity contribution is 0.210. The van der Waals surface area contributed by atoms with Gasteiger partial charge >= 0.3 is 0 Å². The molecule has 1 unspecified atom stereocenters. The lowest BCUT2D eigenvalue weighted by atomic mass is 9.78. The van der Waals surface area contributed by atoms with Gasteiger partial charge < -0.3 is 0 Å². The fourth-order valence-electron chi connectivity index (χ4n) is 5.03. The first-order valence-corrected chi connectivity index (χ1v) is 11.7. The summed E-state index contributed by atoms with van der Waals surface area (Å²) < 4.78 is 29.7. The quantitative estimate of drug-likeness (QED) is 0.797. The van der Waals surface area contributed by atoms with E-state index in [1.54, 1.807) is 8.61 Å². The SMILES string of the molecule is O=S(=O)(N1CCCC1)N1CCCC2(CCc3cnc(-c4ccccc4)nc32)C1. The highest BCUT2D eigenvalue weighted by molar-refractivity contribution is 7.86. The molecule has 0 amide bonds. The monoisotopic (exact) mass is 398 g/mol. The van der Waals surface area contributed by atoms with Crippen molar-refractivity contribution in [2.45, 2.75) is 43.9 Å². The molecule has 0 radical (unpaired) electrons. The molecule has 0 saturated carbocycles. The predicted molar refractivity (Wildman–Crippen MR) is 108 cm³/mol. The molecule has 1 atom stereocenters. The van der Waals surface area contributed by atoms with Gasteiger partial charge in [0.05, 0.1) is 5.69 Å². The Morgan fingerprint density at radius 1 is 0.929 bits per heavy atom. The number of benzene rings is 1. The summed E-state index contributed by atoms with van der Waals surface area (Å²) >= 11 is 0. The molecule has 1 spiro atoms. The fraction of sp³-hybridized carbons (Fsp3) is 0.524. The van der Waals surface area contributed by atoms with Gasteiger partial charge in [-0.25, -0.2) is 9.97 Å². The Kier molecular flexibility index (Phi) is 4.49. The van der Waals surface area contributed by atoms with E-state index in [0.717, 1.165) is 55.6 Å². The number of aryl methyl sites for hydroxylation is 1. The first kappa shape index (κ1) is 18.2. The topological polar surface area (TPSA) is 66.4 Å². The summed E-state index contributed by atoms with van der Waals surface area (Å²) in [6.45, 7) is 2.47. The van der Waals surface area contributed by atoms with Crippen LogP contribution in [-0.2, 0) is 22.0 Å². The molecule has 2 aromatic rings. The van der Waals surface area contributed by atoms with E-state index in [0.29, 0.717) is 26.2 Å². The van der Waals surface area contributed by atoms with Crippen molar-refractivity contribution in [1.82, 2.24) is 18.6 Å². The summed E-state index contributed by atoms with van der Waals surface area (Å²) in [5.41, 5.74) is 3.08. The van der Waals surface area contributed by atoms with Gasteiger partial charge in [-0.2, -0.15) is 17.0 Å². The average Bonchev–Trinajstić information content (AvgIpc) is 3.39. The van der Waals surface area contributed by atoms with Crippen molar-refractivity contribution in [2.75, 3.05) is 26.2 Å². The van der Waals surface area contributed by atoms with Gasteiger partial charge in [0, 0.05) is 43.4 Å². The lowest BCUT2D eigenvalue weighted by Crippen LogP contribution is -2.52. The van der Waals surface area contributed by atoms with Crippen LogP contribution in [-0.4, -0.2) is 53.2 Å². The molecule has 0 N–H and O–H groups in total. The minimum absolute atomic E-state index is 0.174. The van der Waals surface area contributed by atoms with Crippen LogP contribution in [0.1, 0.15) is 43.4 Å². The van der Waals surface area contributed by atoms with Gasteiger partial charge in [0.25, 0.3) is 10.2 Å². The third-order valence-electron chi connectivity index (χ3n) is 6.53. The van der Waals surface area contributed by atoms with E-state index in [9.17, 15) is 8.42 Å². The number of fused-ring (bicyclic) bond motifs is 2. The third-order valence-corrected chi connectivity index (χ3v) is 8.51. The summed E-state index contributed by atoms with van der Waals surface area (Å²) in [5.74, 6) is 0.736. The standard InChI is InChI=1S/C21H26N4O2S/c26-28(27,24-12-4-5-13-24)25-14-6-10-21(16-25)11-9-18-15-22-20(23-19(18)21)17-7-2-1-3-8-17/h1-3,7-8,15H,4-6,9-14,16H2. The minimum atomic E-state index is -3.37. The molecule has 2 saturated heterocycles. The van der Waals surface area contributed by atoms with Crippen LogP contribution in [0.25, 0.3) is 11.4 Å². The summed E-state index contributed by atoms with van der Waals surface area (Å²) in [7, 11) is -3.37. The van der Waals surface area contributed by atoms with Crippen molar-refractivity contribution in [1.29, 1.82) is 0 Å². The van der Waals surface area contributed by atoms with Crippen LogP contribution in [0.5, 0.6) is 0 Å². The number of hydrogen-bond acceptors (Lipinski definition) is 4.